The highest BCUT2D eigenvalue weighted by molar-refractivity contribution is 7.80. The molecule has 0 amide bonds. The first kappa shape index (κ1) is 22.3. The summed E-state index contributed by atoms with van der Waals surface area (Å²) in [6.07, 6.45) is -11.8. The van der Waals surface area contributed by atoms with Gasteiger partial charge in [0.05, 0.1) is 22.7 Å². The van der Waals surface area contributed by atoms with Crippen LogP contribution in [-0.2, 0) is 21.8 Å². The number of anilines is 1. The van der Waals surface area contributed by atoms with Gasteiger partial charge < -0.3 is 14.4 Å². The SMILES string of the molecule is CC(C)(C)OC(=O)OC1CC(=S)N(c2cc(C(F)(F)F)cc(C(F)(F)F)c2)C1. The summed E-state index contributed by atoms with van der Waals surface area (Å²) < 4.78 is 88.2. The lowest BCUT2D eigenvalue weighted by molar-refractivity contribution is -0.143. The van der Waals surface area contributed by atoms with Gasteiger partial charge in [-0.1, -0.05) is 12.2 Å². The Morgan fingerprint density at radius 1 is 1.04 bits per heavy atom. The Hall–Kier alpha value is -2.04. The third-order valence-corrected chi connectivity index (χ3v) is 4.01. The molecule has 1 heterocycles. The van der Waals surface area contributed by atoms with E-state index in [1.807, 2.05) is 0 Å². The summed E-state index contributed by atoms with van der Waals surface area (Å²) in [4.78, 5) is 12.9. The molecule has 4 nitrogen and oxygen atoms in total. The summed E-state index contributed by atoms with van der Waals surface area (Å²) >= 11 is 5.07. The van der Waals surface area contributed by atoms with Crippen molar-refractivity contribution in [3.05, 3.63) is 29.3 Å². The Bertz CT molecular complexity index is 737. The molecule has 1 fully saturated rings. The summed E-state index contributed by atoms with van der Waals surface area (Å²) in [5, 5.41) is 0. The van der Waals surface area contributed by atoms with Gasteiger partial charge in [0.25, 0.3) is 0 Å². The van der Waals surface area contributed by atoms with Gasteiger partial charge in [-0.3, -0.25) is 0 Å². The second-order valence-corrected chi connectivity index (χ2v) is 7.65. The summed E-state index contributed by atoms with van der Waals surface area (Å²) in [6.45, 7) is 4.65. The van der Waals surface area contributed by atoms with Crippen molar-refractivity contribution in [2.75, 3.05) is 11.4 Å². The van der Waals surface area contributed by atoms with Crippen LogP contribution >= 0.6 is 12.2 Å². The molecule has 11 heteroatoms. The van der Waals surface area contributed by atoms with Crippen LogP contribution in [0.4, 0.5) is 36.8 Å². The molecular weight excluding hydrogens is 412 g/mol. The molecule has 1 saturated heterocycles. The third-order valence-electron chi connectivity index (χ3n) is 3.63. The van der Waals surface area contributed by atoms with Gasteiger partial charge in [0.15, 0.2) is 0 Å². The third kappa shape index (κ3) is 5.73. The van der Waals surface area contributed by atoms with Crippen LogP contribution in [0, 0.1) is 0 Å². The molecule has 0 spiro atoms. The standard InChI is InChI=1S/C17H17F6NO3S/c1-15(2,3)27-14(25)26-12-7-13(28)24(8-12)11-5-9(16(18,19)20)4-10(6-11)17(21,22)23/h4-6,12H,7-8H2,1-3H3. The molecule has 0 radical (unpaired) electrons. The number of hydrogen-bond acceptors (Lipinski definition) is 4. The fraction of sp³-hybridized carbons (Fsp3) is 0.529. The Kier molecular flexibility index (Phi) is 5.89. The molecule has 1 unspecified atom stereocenters. The van der Waals surface area contributed by atoms with Crippen molar-refractivity contribution in [3.63, 3.8) is 0 Å². The summed E-state index contributed by atoms with van der Waals surface area (Å²) in [6, 6.07) is 1.20. The maximum absolute atomic E-state index is 13.0. The van der Waals surface area contributed by atoms with Crippen LogP contribution in [0.25, 0.3) is 0 Å². The minimum atomic E-state index is -4.97. The van der Waals surface area contributed by atoms with Crippen molar-refractivity contribution in [1.29, 1.82) is 0 Å². The number of ether oxygens (including phenoxy) is 2. The largest absolute Gasteiger partial charge is 0.509 e. The quantitative estimate of drug-likeness (QED) is 0.349. The Labute approximate surface area is 162 Å². The van der Waals surface area contributed by atoms with Crippen molar-refractivity contribution in [2.45, 2.75) is 51.2 Å². The zero-order valence-corrected chi connectivity index (χ0v) is 15.9. The van der Waals surface area contributed by atoms with Gasteiger partial charge in [-0.05, 0) is 39.0 Å². The van der Waals surface area contributed by atoms with E-state index in [0.29, 0.717) is 12.1 Å². The monoisotopic (exact) mass is 429 g/mol. The molecule has 1 aromatic rings. The van der Waals surface area contributed by atoms with Crippen LogP contribution in [0.15, 0.2) is 18.2 Å². The number of alkyl halides is 6. The lowest BCUT2D eigenvalue weighted by Crippen LogP contribution is -2.30. The van der Waals surface area contributed by atoms with Crippen LogP contribution in [0.5, 0.6) is 0 Å². The fourth-order valence-electron chi connectivity index (χ4n) is 2.51. The van der Waals surface area contributed by atoms with E-state index in [-0.39, 0.29) is 29.7 Å². The van der Waals surface area contributed by atoms with Gasteiger partial charge in [0.2, 0.25) is 0 Å². The smallest absolute Gasteiger partial charge is 0.429 e. The highest BCUT2D eigenvalue weighted by Crippen LogP contribution is 2.39. The molecule has 28 heavy (non-hydrogen) atoms. The van der Waals surface area contributed by atoms with Gasteiger partial charge in [-0.2, -0.15) is 26.3 Å². The van der Waals surface area contributed by atoms with Crippen molar-refractivity contribution in [1.82, 2.24) is 0 Å². The highest BCUT2D eigenvalue weighted by atomic mass is 32.1. The van der Waals surface area contributed by atoms with Crippen molar-refractivity contribution < 1.29 is 40.6 Å². The van der Waals surface area contributed by atoms with Crippen LogP contribution in [0.2, 0.25) is 0 Å². The molecular formula is C17H17F6NO3S. The predicted molar refractivity (Wildman–Crippen MR) is 92.1 cm³/mol. The van der Waals surface area contributed by atoms with Crippen LogP contribution in [0.3, 0.4) is 0 Å². The maximum atomic E-state index is 13.0. The number of hydrogen-bond donors (Lipinski definition) is 0. The molecule has 0 aliphatic carbocycles. The number of benzene rings is 1. The van der Waals surface area contributed by atoms with Crippen molar-refractivity contribution in [2.24, 2.45) is 0 Å². The van der Waals surface area contributed by atoms with E-state index >= 15 is 0 Å². The zero-order chi connectivity index (χ0) is 21.5. The van der Waals surface area contributed by atoms with Crippen molar-refractivity contribution >= 4 is 29.0 Å². The van der Waals surface area contributed by atoms with Crippen molar-refractivity contribution in [3.8, 4) is 0 Å². The number of nitrogens with zero attached hydrogens (tertiary/aromatic N) is 1. The number of thiocarbonyl (C=S) groups is 1. The van der Waals surface area contributed by atoms with E-state index in [1.54, 1.807) is 20.8 Å². The summed E-state index contributed by atoms with van der Waals surface area (Å²) in [7, 11) is 0. The second kappa shape index (κ2) is 7.41. The molecule has 0 saturated carbocycles. The van der Waals surface area contributed by atoms with E-state index in [1.165, 1.54) is 0 Å². The second-order valence-electron chi connectivity index (χ2n) is 7.18. The summed E-state index contributed by atoms with van der Waals surface area (Å²) in [5.41, 5.74) is -4.09. The molecule has 1 aliphatic heterocycles. The Morgan fingerprint density at radius 3 is 1.96 bits per heavy atom. The van der Waals surface area contributed by atoms with Gasteiger partial charge >= 0.3 is 18.5 Å². The van der Waals surface area contributed by atoms with Crippen LogP contribution < -0.4 is 4.90 Å². The van der Waals surface area contributed by atoms with Gasteiger partial charge in [-0.15, -0.1) is 0 Å². The van der Waals surface area contributed by atoms with E-state index in [2.05, 4.69) is 0 Å². The topological polar surface area (TPSA) is 38.8 Å². The van der Waals surface area contributed by atoms with E-state index < -0.39 is 41.3 Å². The Morgan fingerprint density at radius 2 is 1.54 bits per heavy atom. The molecule has 0 N–H and O–H groups in total. The molecule has 1 atom stereocenters. The lowest BCUT2D eigenvalue weighted by Gasteiger charge is -2.23. The minimum Gasteiger partial charge on any atom is -0.429 e. The lowest BCUT2D eigenvalue weighted by atomic mass is 10.1. The minimum absolute atomic E-state index is 0.0217. The average molecular weight is 429 g/mol. The Balaban J connectivity index is 2.27. The molecule has 0 aromatic heterocycles. The first-order chi connectivity index (χ1) is 12.6. The molecule has 1 aliphatic rings. The van der Waals surface area contributed by atoms with Crippen LogP contribution in [0.1, 0.15) is 38.3 Å². The van der Waals surface area contributed by atoms with E-state index in [4.69, 9.17) is 21.7 Å². The molecule has 156 valence electrons. The van der Waals surface area contributed by atoms with Gasteiger partial charge in [-0.25, -0.2) is 4.79 Å². The highest BCUT2D eigenvalue weighted by Gasteiger charge is 2.39. The molecule has 1 aromatic carbocycles. The normalized spacial score (nSPS) is 18.4. The number of carbonyl (C=O) groups excluding carboxylic acids is 1. The van der Waals surface area contributed by atoms with Gasteiger partial charge in [0.1, 0.15) is 11.7 Å². The maximum Gasteiger partial charge on any atom is 0.509 e. The summed E-state index contributed by atoms with van der Waals surface area (Å²) in [5.74, 6) is 0. The number of rotatable bonds is 2. The molecule has 2 rings (SSSR count). The van der Waals surface area contributed by atoms with E-state index in [9.17, 15) is 31.1 Å². The first-order valence-corrected chi connectivity index (χ1v) is 8.46. The molecule has 0 bridgehead atoms. The van der Waals surface area contributed by atoms with Gasteiger partial charge in [0, 0.05) is 12.1 Å². The average Bonchev–Trinajstić information content (AvgIpc) is 2.83. The van der Waals surface area contributed by atoms with E-state index in [0.717, 1.165) is 4.90 Å². The fourth-order valence-corrected chi connectivity index (χ4v) is 2.87. The first-order valence-electron chi connectivity index (χ1n) is 8.06. The van der Waals surface area contributed by atoms with Crippen LogP contribution in [-0.4, -0.2) is 29.4 Å². The number of carbonyl (C=O) groups is 1. The number of halogens is 6. The zero-order valence-electron chi connectivity index (χ0n) is 15.1. The predicted octanol–water partition coefficient (Wildman–Crippen LogP) is 5.58.